The molecule has 0 radical (unpaired) electrons. The lowest BCUT2D eigenvalue weighted by molar-refractivity contribution is -0.113. The number of hydrogen-bond donors (Lipinski definition) is 1. The van der Waals surface area contributed by atoms with Crippen molar-refractivity contribution in [3.8, 4) is 0 Å². The molecule has 0 saturated carbocycles. The Morgan fingerprint density at radius 3 is 2.75 bits per heavy atom. The summed E-state index contributed by atoms with van der Waals surface area (Å²) in [6, 6.07) is 13.8. The molecule has 0 unspecified atom stereocenters. The fraction of sp³-hybridized carbons (Fsp3) is 0.222. The number of anilines is 1. The van der Waals surface area contributed by atoms with Gasteiger partial charge >= 0.3 is 0 Å². The van der Waals surface area contributed by atoms with Crippen LogP contribution in [0.4, 0.5) is 5.82 Å². The van der Waals surface area contributed by atoms with Gasteiger partial charge in [-0.05, 0) is 31.4 Å². The minimum atomic E-state index is -0.0635. The summed E-state index contributed by atoms with van der Waals surface area (Å²) in [6.07, 6.45) is 1.69. The lowest BCUT2D eigenvalue weighted by atomic mass is 10.1. The number of aromatic nitrogens is 2. The molecule has 1 amide bonds. The third-order valence-corrected chi connectivity index (χ3v) is 4.97. The Morgan fingerprint density at radius 1 is 1.25 bits per heavy atom. The number of thioether (sulfide) groups is 1. The number of rotatable bonds is 5. The van der Waals surface area contributed by atoms with E-state index in [-0.39, 0.29) is 11.9 Å². The van der Waals surface area contributed by atoms with Crippen molar-refractivity contribution < 1.29 is 4.79 Å². The molecule has 124 valence electrons. The van der Waals surface area contributed by atoms with Crippen molar-refractivity contribution in [2.75, 3.05) is 11.1 Å². The smallest absolute Gasteiger partial charge is 0.235 e. The number of carbonyl (C=O) groups is 1. The minimum absolute atomic E-state index is 0.0635. The summed E-state index contributed by atoms with van der Waals surface area (Å²) < 4.78 is 1.79. The van der Waals surface area contributed by atoms with Crippen molar-refractivity contribution in [3.05, 3.63) is 53.7 Å². The highest BCUT2D eigenvalue weighted by molar-refractivity contribution is 8.00. The molecule has 0 atom stereocenters. The predicted molar refractivity (Wildman–Crippen MR) is 101 cm³/mol. The molecule has 0 fully saturated rings. The van der Waals surface area contributed by atoms with Gasteiger partial charge in [0.25, 0.3) is 0 Å². The summed E-state index contributed by atoms with van der Waals surface area (Å²) in [6.45, 7) is 4.05. The van der Waals surface area contributed by atoms with Crippen molar-refractivity contribution >= 4 is 45.9 Å². The summed E-state index contributed by atoms with van der Waals surface area (Å²) in [5.41, 5.74) is 0. The highest BCUT2D eigenvalue weighted by atomic mass is 35.5. The summed E-state index contributed by atoms with van der Waals surface area (Å²) in [4.78, 5) is 13.3. The van der Waals surface area contributed by atoms with E-state index in [0.29, 0.717) is 16.6 Å². The van der Waals surface area contributed by atoms with Gasteiger partial charge in [0.05, 0.1) is 11.9 Å². The first-order chi connectivity index (χ1) is 11.6. The average Bonchev–Trinajstić information content (AvgIpc) is 3.01. The van der Waals surface area contributed by atoms with E-state index in [1.165, 1.54) is 11.8 Å². The zero-order chi connectivity index (χ0) is 17.1. The van der Waals surface area contributed by atoms with Crippen LogP contribution in [0.25, 0.3) is 10.8 Å². The second-order valence-electron chi connectivity index (χ2n) is 5.69. The number of nitrogens with one attached hydrogen (secondary N) is 1. The fourth-order valence-corrected chi connectivity index (χ4v) is 3.77. The lowest BCUT2D eigenvalue weighted by Gasteiger charge is -2.12. The molecule has 3 aromatic rings. The van der Waals surface area contributed by atoms with Gasteiger partial charge in [-0.1, -0.05) is 35.9 Å². The lowest BCUT2D eigenvalue weighted by Crippen LogP contribution is -2.18. The Hall–Kier alpha value is -1.98. The van der Waals surface area contributed by atoms with Gasteiger partial charge in [-0.2, -0.15) is 5.10 Å². The predicted octanol–water partition coefficient (Wildman–Crippen LogP) is 5.00. The van der Waals surface area contributed by atoms with E-state index in [2.05, 4.69) is 10.4 Å². The van der Waals surface area contributed by atoms with Crippen LogP contribution in [0.1, 0.15) is 19.9 Å². The number of amides is 1. The van der Waals surface area contributed by atoms with Gasteiger partial charge in [-0.3, -0.25) is 4.79 Å². The zero-order valence-electron chi connectivity index (χ0n) is 13.5. The highest BCUT2D eigenvalue weighted by Crippen LogP contribution is 2.33. The van der Waals surface area contributed by atoms with Crippen LogP contribution in [0.3, 0.4) is 0 Å². The molecule has 0 aliphatic rings. The first kappa shape index (κ1) is 16.9. The molecule has 0 spiro atoms. The van der Waals surface area contributed by atoms with Crippen LogP contribution < -0.4 is 5.32 Å². The average molecular weight is 360 g/mol. The molecule has 0 aliphatic heterocycles. The van der Waals surface area contributed by atoms with Crippen LogP contribution in [0.2, 0.25) is 5.02 Å². The highest BCUT2D eigenvalue weighted by Gasteiger charge is 2.11. The Labute approximate surface area is 150 Å². The number of benzene rings is 2. The molecular weight excluding hydrogens is 342 g/mol. The molecule has 6 heteroatoms. The van der Waals surface area contributed by atoms with Crippen LogP contribution in [-0.4, -0.2) is 21.4 Å². The Kier molecular flexibility index (Phi) is 5.11. The first-order valence-electron chi connectivity index (χ1n) is 7.69. The Bertz CT molecular complexity index is 870. The number of halogens is 1. The van der Waals surface area contributed by atoms with Gasteiger partial charge in [0, 0.05) is 27.4 Å². The molecule has 24 heavy (non-hydrogen) atoms. The third-order valence-electron chi connectivity index (χ3n) is 3.60. The SMILES string of the molecule is CC(C)n1nccc1NC(=O)CSc1cccc2cccc(Cl)c12. The molecule has 4 nitrogen and oxygen atoms in total. The number of nitrogens with zero attached hydrogens (tertiary/aromatic N) is 2. The van der Waals surface area contributed by atoms with Crippen LogP contribution in [0, 0.1) is 0 Å². The van der Waals surface area contributed by atoms with E-state index >= 15 is 0 Å². The number of carbonyl (C=O) groups excluding carboxylic acids is 1. The van der Waals surface area contributed by atoms with Crippen LogP contribution >= 0.6 is 23.4 Å². The monoisotopic (exact) mass is 359 g/mol. The van der Waals surface area contributed by atoms with E-state index in [4.69, 9.17) is 11.6 Å². The second kappa shape index (κ2) is 7.28. The molecule has 0 bridgehead atoms. The maximum atomic E-state index is 12.3. The van der Waals surface area contributed by atoms with Crippen LogP contribution in [-0.2, 0) is 4.79 Å². The van der Waals surface area contributed by atoms with Crippen molar-refractivity contribution in [3.63, 3.8) is 0 Å². The molecule has 3 rings (SSSR count). The van der Waals surface area contributed by atoms with Gasteiger partial charge < -0.3 is 5.32 Å². The van der Waals surface area contributed by atoms with Gasteiger partial charge in [0.2, 0.25) is 5.91 Å². The van der Waals surface area contributed by atoms with Gasteiger partial charge in [0.1, 0.15) is 5.82 Å². The molecule has 1 heterocycles. The minimum Gasteiger partial charge on any atom is -0.310 e. The van der Waals surface area contributed by atoms with E-state index in [1.54, 1.807) is 16.9 Å². The molecular formula is C18H18ClN3OS. The topological polar surface area (TPSA) is 46.9 Å². The van der Waals surface area contributed by atoms with E-state index in [0.717, 1.165) is 15.7 Å². The standard InChI is InChI=1S/C18H18ClN3OS/c1-12(2)22-16(9-10-20-22)21-17(23)11-24-15-8-4-6-13-5-3-7-14(19)18(13)15/h3-10,12H,11H2,1-2H3,(H,21,23). The van der Waals surface area contributed by atoms with Crippen molar-refractivity contribution in [1.82, 2.24) is 9.78 Å². The number of hydrogen-bond acceptors (Lipinski definition) is 3. The Balaban J connectivity index is 1.72. The maximum absolute atomic E-state index is 12.3. The van der Waals surface area contributed by atoms with Crippen molar-refractivity contribution in [2.24, 2.45) is 0 Å². The summed E-state index contributed by atoms with van der Waals surface area (Å²) >= 11 is 7.80. The molecule has 1 aromatic heterocycles. The van der Waals surface area contributed by atoms with Crippen molar-refractivity contribution in [1.29, 1.82) is 0 Å². The summed E-state index contributed by atoms with van der Waals surface area (Å²) in [7, 11) is 0. The molecule has 0 saturated heterocycles. The van der Waals surface area contributed by atoms with E-state index in [1.807, 2.05) is 50.2 Å². The third kappa shape index (κ3) is 3.57. The number of fused-ring (bicyclic) bond motifs is 1. The largest absolute Gasteiger partial charge is 0.310 e. The van der Waals surface area contributed by atoms with Gasteiger partial charge in [-0.25, -0.2) is 4.68 Å². The summed E-state index contributed by atoms with van der Waals surface area (Å²) in [5.74, 6) is 0.964. The van der Waals surface area contributed by atoms with E-state index < -0.39 is 0 Å². The fourth-order valence-electron chi connectivity index (χ4n) is 2.53. The van der Waals surface area contributed by atoms with Gasteiger partial charge in [0.15, 0.2) is 0 Å². The van der Waals surface area contributed by atoms with Crippen LogP contribution in [0.15, 0.2) is 53.6 Å². The zero-order valence-corrected chi connectivity index (χ0v) is 15.1. The summed E-state index contributed by atoms with van der Waals surface area (Å²) in [5, 5.41) is 9.90. The van der Waals surface area contributed by atoms with E-state index in [9.17, 15) is 4.79 Å². The molecule has 0 aliphatic carbocycles. The second-order valence-corrected chi connectivity index (χ2v) is 7.11. The maximum Gasteiger partial charge on any atom is 0.235 e. The van der Waals surface area contributed by atoms with Gasteiger partial charge in [-0.15, -0.1) is 11.8 Å². The molecule has 2 aromatic carbocycles. The quantitative estimate of drug-likeness (QED) is 0.652. The van der Waals surface area contributed by atoms with Crippen molar-refractivity contribution in [2.45, 2.75) is 24.8 Å². The van der Waals surface area contributed by atoms with Crippen LogP contribution in [0.5, 0.6) is 0 Å². The first-order valence-corrected chi connectivity index (χ1v) is 9.06. The molecule has 1 N–H and O–H groups in total. The Morgan fingerprint density at radius 2 is 2.00 bits per heavy atom. The normalized spacial score (nSPS) is 11.2.